The van der Waals surface area contributed by atoms with Crippen LogP contribution in [-0.2, 0) is 6.54 Å². The molecule has 1 heterocycles. The molecule has 1 aromatic carbocycles. The molecule has 1 amide bonds. The number of nitrogen functional groups attached to an aromatic ring is 1. The number of rotatable bonds is 5. The first kappa shape index (κ1) is 15.8. The van der Waals surface area contributed by atoms with Crippen molar-refractivity contribution in [2.24, 2.45) is 5.73 Å². The lowest BCUT2D eigenvalue weighted by molar-refractivity contribution is 0.100. The summed E-state index contributed by atoms with van der Waals surface area (Å²) >= 11 is 0. The molecule has 6 nitrogen and oxygen atoms in total. The number of hydrogen-bond donors (Lipinski definition) is 3. The highest BCUT2D eigenvalue weighted by Crippen LogP contribution is 2.17. The molecule has 1 saturated heterocycles. The maximum absolute atomic E-state index is 11.1. The lowest BCUT2D eigenvalue weighted by Crippen LogP contribution is -2.32. The zero-order chi connectivity index (χ0) is 15.2. The van der Waals surface area contributed by atoms with Crippen molar-refractivity contribution in [3.05, 3.63) is 29.3 Å². The molecular formula is C15H24N4O2. The summed E-state index contributed by atoms with van der Waals surface area (Å²) in [5.74, 6) is -0.456. The van der Waals surface area contributed by atoms with Crippen LogP contribution in [0, 0.1) is 0 Å². The van der Waals surface area contributed by atoms with Gasteiger partial charge in [0.1, 0.15) is 0 Å². The van der Waals surface area contributed by atoms with Crippen LogP contribution >= 0.6 is 0 Å². The smallest absolute Gasteiger partial charge is 0.248 e. The average Bonchev–Trinajstić information content (AvgIpc) is 2.67. The fraction of sp³-hybridized carbons (Fsp3) is 0.533. The molecule has 6 heteroatoms. The number of primary amides is 1. The first-order valence-electron chi connectivity index (χ1n) is 7.34. The van der Waals surface area contributed by atoms with Gasteiger partial charge in [0.2, 0.25) is 5.91 Å². The quantitative estimate of drug-likeness (QED) is 0.657. The van der Waals surface area contributed by atoms with Crippen molar-refractivity contribution in [2.45, 2.75) is 13.0 Å². The predicted octanol–water partition coefficient (Wildman–Crippen LogP) is -0.132. The molecule has 1 aromatic rings. The molecule has 1 fully saturated rings. The third-order valence-corrected chi connectivity index (χ3v) is 3.92. The van der Waals surface area contributed by atoms with E-state index in [1.165, 1.54) is 0 Å². The second kappa shape index (κ2) is 7.40. The Balaban J connectivity index is 1.97. The average molecular weight is 292 g/mol. The Morgan fingerprint density at radius 2 is 1.90 bits per heavy atom. The van der Waals surface area contributed by atoms with Crippen LogP contribution in [0.2, 0.25) is 0 Å². The van der Waals surface area contributed by atoms with Gasteiger partial charge in [-0.1, -0.05) is 6.07 Å². The summed E-state index contributed by atoms with van der Waals surface area (Å²) in [6, 6.07) is 5.25. The number of β-amino-alcohol motifs (C(OH)–C–C–N with tert-alkyl or cyclic N) is 1. The molecule has 0 radical (unpaired) electrons. The topological polar surface area (TPSA) is 95.8 Å². The number of hydrogen-bond acceptors (Lipinski definition) is 5. The van der Waals surface area contributed by atoms with Gasteiger partial charge in [-0.25, -0.2) is 0 Å². The van der Waals surface area contributed by atoms with Crippen LogP contribution in [0.4, 0.5) is 5.69 Å². The number of nitrogens with two attached hydrogens (primary N) is 2. The minimum Gasteiger partial charge on any atom is -0.398 e. The molecule has 116 valence electrons. The van der Waals surface area contributed by atoms with Gasteiger partial charge < -0.3 is 16.6 Å². The highest BCUT2D eigenvalue weighted by Gasteiger charge is 2.15. The van der Waals surface area contributed by atoms with E-state index in [1.807, 2.05) is 6.07 Å². The third kappa shape index (κ3) is 4.42. The molecule has 21 heavy (non-hydrogen) atoms. The van der Waals surface area contributed by atoms with Gasteiger partial charge >= 0.3 is 0 Å². The van der Waals surface area contributed by atoms with Crippen molar-refractivity contribution in [3.8, 4) is 0 Å². The maximum Gasteiger partial charge on any atom is 0.248 e. The predicted molar refractivity (Wildman–Crippen MR) is 82.8 cm³/mol. The van der Waals surface area contributed by atoms with E-state index in [2.05, 4.69) is 9.80 Å². The SMILES string of the molecule is NC(=O)c1ccc(CN2CCCN(CCO)CC2)c(N)c1. The first-order valence-corrected chi connectivity index (χ1v) is 7.34. The zero-order valence-corrected chi connectivity index (χ0v) is 12.3. The van der Waals surface area contributed by atoms with Crippen LogP contribution in [0.15, 0.2) is 18.2 Å². The van der Waals surface area contributed by atoms with E-state index in [0.29, 0.717) is 11.3 Å². The van der Waals surface area contributed by atoms with Gasteiger partial charge in [0.25, 0.3) is 0 Å². The molecule has 5 N–H and O–H groups in total. The van der Waals surface area contributed by atoms with E-state index in [9.17, 15) is 4.79 Å². The molecule has 1 aliphatic heterocycles. The zero-order valence-electron chi connectivity index (χ0n) is 12.3. The molecule has 2 rings (SSSR count). The minimum absolute atomic E-state index is 0.210. The van der Waals surface area contributed by atoms with Crippen molar-refractivity contribution in [1.82, 2.24) is 9.80 Å². The molecule has 0 aromatic heterocycles. The second-order valence-electron chi connectivity index (χ2n) is 5.47. The summed E-state index contributed by atoms with van der Waals surface area (Å²) in [5.41, 5.74) is 13.3. The third-order valence-electron chi connectivity index (χ3n) is 3.92. The van der Waals surface area contributed by atoms with Crippen molar-refractivity contribution >= 4 is 11.6 Å². The molecule has 0 bridgehead atoms. The van der Waals surface area contributed by atoms with Gasteiger partial charge in [-0.05, 0) is 37.2 Å². The highest BCUT2D eigenvalue weighted by molar-refractivity contribution is 5.93. The summed E-state index contributed by atoms with van der Waals surface area (Å²) in [6.07, 6.45) is 1.08. The van der Waals surface area contributed by atoms with E-state index >= 15 is 0 Å². The number of carbonyl (C=O) groups is 1. The first-order chi connectivity index (χ1) is 10.1. The Kier molecular flexibility index (Phi) is 5.55. The highest BCUT2D eigenvalue weighted by atomic mass is 16.3. The fourth-order valence-corrected chi connectivity index (χ4v) is 2.68. The van der Waals surface area contributed by atoms with Crippen LogP contribution in [0.5, 0.6) is 0 Å². The molecule has 0 spiro atoms. The minimum atomic E-state index is -0.456. The lowest BCUT2D eigenvalue weighted by Gasteiger charge is -2.22. The molecule has 0 aliphatic carbocycles. The van der Waals surface area contributed by atoms with Crippen molar-refractivity contribution in [1.29, 1.82) is 0 Å². The normalized spacial score (nSPS) is 17.6. The van der Waals surface area contributed by atoms with Gasteiger partial charge in [-0.15, -0.1) is 0 Å². The fourth-order valence-electron chi connectivity index (χ4n) is 2.68. The number of carbonyl (C=O) groups excluding carboxylic acids is 1. The number of benzene rings is 1. The Hall–Kier alpha value is -1.63. The van der Waals surface area contributed by atoms with Gasteiger partial charge in [0.15, 0.2) is 0 Å². The van der Waals surface area contributed by atoms with Crippen LogP contribution in [-0.4, -0.2) is 60.1 Å². The van der Waals surface area contributed by atoms with Crippen LogP contribution < -0.4 is 11.5 Å². The van der Waals surface area contributed by atoms with Crippen LogP contribution in [0.3, 0.4) is 0 Å². The Bertz CT molecular complexity index is 493. The van der Waals surface area contributed by atoms with Gasteiger partial charge in [-0.3, -0.25) is 14.6 Å². The monoisotopic (exact) mass is 292 g/mol. The number of nitrogens with zero attached hydrogens (tertiary/aromatic N) is 2. The van der Waals surface area contributed by atoms with Gasteiger partial charge in [0.05, 0.1) is 6.61 Å². The second-order valence-corrected chi connectivity index (χ2v) is 5.47. The van der Waals surface area contributed by atoms with Crippen LogP contribution in [0.25, 0.3) is 0 Å². The molecule has 0 atom stereocenters. The van der Waals surface area contributed by atoms with Crippen molar-refractivity contribution in [2.75, 3.05) is 45.1 Å². The van der Waals surface area contributed by atoms with E-state index in [4.69, 9.17) is 16.6 Å². The summed E-state index contributed by atoms with van der Waals surface area (Å²) in [5, 5.41) is 9.01. The molecule has 0 saturated carbocycles. The number of aliphatic hydroxyl groups excluding tert-OH is 1. The van der Waals surface area contributed by atoms with Gasteiger partial charge in [-0.2, -0.15) is 0 Å². The Labute approximate surface area is 125 Å². The number of anilines is 1. The Morgan fingerprint density at radius 3 is 2.57 bits per heavy atom. The van der Waals surface area contributed by atoms with E-state index in [1.54, 1.807) is 12.1 Å². The number of amides is 1. The summed E-state index contributed by atoms with van der Waals surface area (Å²) in [6.45, 7) is 5.67. The van der Waals surface area contributed by atoms with E-state index in [0.717, 1.165) is 51.3 Å². The van der Waals surface area contributed by atoms with Crippen molar-refractivity contribution < 1.29 is 9.90 Å². The van der Waals surface area contributed by atoms with Crippen molar-refractivity contribution in [3.63, 3.8) is 0 Å². The number of aliphatic hydroxyl groups is 1. The lowest BCUT2D eigenvalue weighted by atomic mass is 10.1. The van der Waals surface area contributed by atoms with E-state index in [-0.39, 0.29) is 6.61 Å². The standard InChI is InChI=1S/C15H24N4O2/c16-14-10-12(15(17)21)2-3-13(14)11-19-5-1-4-18(6-7-19)8-9-20/h2-3,10,20H,1,4-9,11,16H2,(H2,17,21). The molecule has 0 unspecified atom stereocenters. The van der Waals surface area contributed by atoms with E-state index < -0.39 is 5.91 Å². The molecular weight excluding hydrogens is 268 g/mol. The maximum atomic E-state index is 11.1. The largest absolute Gasteiger partial charge is 0.398 e. The Morgan fingerprint density at radius 1 is 1.19 bits per heavy atom. The van der Waals surface area contributed by atoms with Gasteiger partial charge in [0, 0.05) is 37.4 Å². The summed E-state index contributed by atoms with van der Waals surface area (Å²) in [4.78, 5) is 15.8. The summed E-state index contributed by atoms with van der Waals surface area (Å²) in [7, 11) is 0. The molecule has 1 aliphatic rings. The van der Waals surface area contributed by atoms with Crippen LogP contribution in [0.1, 0.15) is 22.3 Å². The summed E-state index contributed by atoms with van der Waals surface area (Å²) < 4.78 is 0.